The smallest absolute Gasteiger partial charge is 0.0207 e. The first-order chi connectivity index (χ1) is 4.38. The van der Waals surface area contributed by atoms with Crippen LogP contribution in [-0.2, 0) is 0 Å². The van der Waals surface area contributed by atoms with Gasteiger partial charge in [-0.1, -0.05) is 12.2 Å². The molecule has 1 rings (SSSR count). The van der Waals surface area contributed by atoms with Gasteiger partial charge in [0, 0.05) is 10.5 Å². The zero-order valence-corrected chi connectivity index (χ0v) is 6.36. The Morgan fingerprint density at radius 1 is 1.11 bits per heavy atom. The quantitative estimate of drug-likeness (QED) is 0.427. The molecule has 1 heterocycles. The molecule has 0 radical (unpaired) electrons. The van der Waals surface area contributed by atoms with E-state index in [0.29, 0.717) is 0 Å². The second-order valence-electron chi connectivity index (χ2n) is 2.26. The van der Waals surface area contributed by atoms with Gasteiger partial charge in [-0.25, -0.2) is 0 Å². The minimum atomic E-state index is 0.862. The van der Waals surface area contributed by atoms with E-state index in [0.717, 1.165) is 10.5 Å². The van der Waals surface area contributed by atoms with Gasteiger partial charge in [0.2, 0.25) is 0 Å². The molecule has 2 atom stereocenters. The Morgan fingerprint density at radius 3 is 1.89 bits per heavy atom. The van der Waals surface area contributed by atoms with Crippen LogP contribution in [0.15, 0.2) is 25.3 Å². The maximum absolute atomic E-state index is 3.70. The van der Waals surface area contributed by atoms with Crippen molar-refractivity contribution in [3.63, 3.8) is 0 Å². The van der Waals surface area contributed by atoms with Gasteiger partial charge in [-0.2, -0.15) is 11.8 Å². The molecule has 0 aromatic carbocycles. The number of allylic oxidation sites excluding steroid dienone is 2. The summed E-state index contributed by atoms with van der Waals surface area (Å²) in [5.41, 5.74) is 0. The summed E-state index contributed by atoms with van der Waals surface area (Å²) in [5.74, 6) is 0. The highest BCUT2D eigenvalue weighted by atomic mass is 32.2. The number of hydrogen-bond acceptors (Lipinski definition) is 1. The first kappa shape index (κ1) is 6.94. The maximum Gasteiger partial charge on any atom is 0.0207 e. The summed E-state index contributed by atoms with van der Waals surface area (Å²) in [6.07, 6.45) is 6.34. The van der Waals surface area contributed by atoms with Crippen molar-refractivity contribution in [3.8, 4) is 0 Å². The van der Waals surface area contributed by atoms with Crippen LogP contribution >= 0.6 is 11.8 Å². The van der Waals surface area contributed by atoms with Crippen LogP contribution in [-0.4, -0.2) is 10.5 Å². The van der Waals surface area contributed by atoms with E-state index >= 15 is 0 Å². The SMILES string of the molecule is C=CCC1SC1CC=C. The minimum absolute atomic E-state index is 0.862. The van der Waals surface area contributed by atoms with Gasteiger partial charge in [-0.05, 0) is 12.8 Å². The van der Waals surface area contributed by atoms with Crippen molar-refractivity contribution in [3.05, 3.63) is 25.3 Å². The fraction of sp³-hybridized carbons (Fsp3) is 0.500. The average molecular weight is 140 g/mol. The molecular weight excluding hydrogens is 128 g/mol. The number of rotatable bonds is 4. The molecule has 2 unspecified atom stereocenters. The van der Waals surface area contributed by atoms with Gasteiger partial charge in [-0.3, -0.25) is 0 Å². The van der Waals surface area contributed by atoms with Gasteiger partial charge < -0.3 is 0 Å². The zero-order chi connectivity index (χ0) is 6.69. The van der Waals surface area contributed by atoms with E-state index in [4.69, 9.17) is 0 Å². The Kier molecular flexibility index (Phi) is 2.40. The van der Waals surface area contributed by atoms with Gasteiger partial charge in [0.15, 0.2) is 0 Å². The van der Waals surface area contributed by atoms with E-state index in [1.165, 1.54) is 12.8 Å². The molecule has 0 spiro atoms. The molecule has 1 fully saturated rings. The lowest BCUT2D eigenvalue weighted by atomic mass is 10.2. The molecule has 0 bridgehead atoms. The standard InChI is InChI=1S/C8H12S/c1-3-5-7-8(9-7)6-4-2/h3-4,7-8H,1-2,5-6H2. The van der Waals surface area contributed by atoms with Crippen LogP contribution in [0, 0.1) is 0 Å². The Balaban J connectivity index is 2.09. The topological polar surface area (TPSA) is 0 Å². The van der Waals surface area contributed by atoms with Crippen LogP contribution in [0.25, 0.3) is 0 Å². The van der Waals surface area contributed by atoms with Crippen molar-refractivity contribution in [1.29, 1.82) is 0 Å². The lowest BCUT2D eigenvalue weighted by Crippen LogP contribution is -1.88. The van der Waals surface area contributed by atoms with Crippen molar-refractivity contribution in [2.75, 3.05) is 0 Å². The van der Waals surface area contributed by atoms with E-state index in [1.807, 2.05) is 23.9 Å². The van der Waals surface area contributed by atoms with Crippen LogP contribution < -0.4 is 0 Å². The van der Waals surface area contributed by atoms with E-state index in [-0.39, 0.29) is 0 Å². The van der Waals surface area contributed by atoms with Crippen molar-refractivity contribution < 1.29 is 0 Å². The summed E-state index contributed by atoms with van der Waals surface area (Å²) in [5, 5.41) is 1.72. The Bertz CT molecular complexity index is 104. The molecule has 1 saturated heterocycles. The molecule has 0 amide bonds. The van der Waals surface area contributed by atoms with Crippen LogP contribution in [0.1, 0.15) is 12.8 Å². The fourth-order valence-corrected chi connectivity index (χ4v) is 2.00. The van der Waals surface area contributed by atoms with Gasteiger partial charge in [-0.15, -0.1) is 13.2 Å². The van der Waals surface area contributed by atoms with Gasteiger partial charge >= 0.3 is 0 Å². The highest BCUT2D eigenvalue weighted by molar-refractivity contribution is 8.07. The third kappa shape index (κ3) is 1.90. The predicted molar refractivity (Wildman–Crippen MR) is 44.8 cm³/mol. The fourth-order valence-electron chi connectivity index (χ4n) is 0.922. The highest BCUT2D eigenvalue weighted by Gasteiger charge is 2.35. The Hall–Kier alpha value is -0.170. The van der Waals surface area contributed by atoms with E-state index in [1.54, 1.807) is 0 Å². The highest BCUT2D eigenvalue weighted by Crippen LogP contribution is 2.45. The summed E-state index contributed by atoms with van der Waals surface area (Å²) >= 11 is 2.04. The van der Waals surface area contributed by atoms with Crippen molar-refractivity contribution in [1.82, 2.24) is 0 Å². The van der Waals surface area contributed by atoms with E-state index in [9.17, 15) is 0 Å². The second kappa shape index (κ2) is 3.11. The van der Waals surface area contributed by atoms with Gasteiger partial charge in [0.25, 0.3) is 0 Å². The van der Waals surface area contributed by atoms with Crippen LogP contribution in [0.2, 0.25) is 0 Å². The van der Waals surface area contributed by atoms with Crippen molar-refractivity contribution >= 4 is 11.8 Å². The summed E-state index contributed by atoms with van der Waals surface area (Å²) in [6.45, 7) is 7.39. The molecule has 0 saturated carbocycles. The van der Waals surface area contributed by atoms with Gasteiger partial charge in [0.05, 0.1) is 0 Å². The van der Waals surface area contributed by atoms with Crippen LogP contribution in [0.3, 0.4) is 0 Å². The number of thioether (sulfide) groups is 1. The molecular formula is C8H12S. The summed E-state index contributed by atoms with van der Waals surface area (Å²) in [7, 11) is 0. The van der Waals surface area contributed by atoms with Crippen LogP contribution in [0.4, 0.5) is 0 Å². The zero-order valence-electron chi connectivity index (χ0n) is 5.55. The molecule has 1 aliphatic rings. The Labute approximate surface area is 61.0 Å². The molecule has 50 valence electrons. The molecule has 1 aliphatic heterocycles. The Morgan fingerprint density at radius 2 is 1.56 bits per heavy atom. The summed E-state index contributed by atoms with van der Waals surface area (Å²) in [6, 6.07) is 0. The largest absolute Gasteiger partial charge is 0.152 e. The lowest BCUT2D eigenvalue weighted by molar-refractivity contribution is 0.896. The van der Waals surface area contributed by atoms with E-state index < -0.39 is 0 Å². The normalized spacial score (nSPS) is 31.6. The van der Waals surface area contributed by atoms with Crippen molar-refractivity contribution in [2.45, 2.75) is 23.3 Å². The molecule has 0 aliphatic carbocycles. The predicted octanol–water partition coefficient (Wildman–Crippen LogP) is 2.62. The van der Waals surface area contributed by atoms with Gasteiger partial charge in [0.1, 0.15) is 0 Å². The van der Waals surface area contributed by atoms with Crippen LogP contribution in [0.5, 0.6) is 0 Å². The number of hydrogen-bond donors (Lipinski definition) is 0. The average Bonchev–Trinajstić information content (AvgIpc) is 2.50. The monoisotopic (exact) mass is 140 g/mol. The molecule has 0 aromatic rings. The molecule has 0 aromatic heterocycles. The molecule has 0 nitrogen and oxygen atoms in total. The second-order valence-corrected chi connectivity index (χ2v) is 3.74. The molecule has 1 heteroatoms. The third-order valence-corrected chi connectivity index (χ3v) is 2.91. The third-order valence-electron chi connectivity index (χ3n) is 1.49. The summed E-state index contributed by atoms with van der Waals surface area (Å²) < 4.78 is 0. The maximum atomic E-state index is 3.70. The lowest BCUT2D eigenvalue weighted by Gasteiger charge is -1.85. The first-order valence-corrected chi connectivity index (χ1v) is 4.20. The minimum Gasteiger partial charge on any atom is -0.152 e. The van der Waals surface area contributed by atoms with E-state index in [2.05, 4.69) is 13.2 Å². The summed E-state index contributed by atoms with van der Waals surface area (Å²) in [4.78, 5) is 0. The van der Waals surface area contributed by atoms with Crippen molar-refractivity contribution in [2.24, 2.45) is 0 Å². The molecule has 9 heavy (non-hydrogen) atoms. The first-order valence-electron chi connectivity index (χ1n) is 3.25. The molecule has 0 N–H and O–H groups in total.